The molecule has 4 aromatic heterocycles. The molecule has 32 heavy (non-hydrogen) atoms. The Balaban J connectivity index is 1.82. The molecular weight excluding hydrogens is 408 g/mol. The molecule has 0 amide bonds. The molecule has 0 aliphatic heterocycles. The van der Waals surface area contributed by atoms with E-state index < -0.39 is 0 Å². The van der Waals surface area contributed by atoms with Crippen LogP contribution < -0.4 is 10.5 Å². The van der Waals surface area contributed by atoms with Crippen molar-refractivity contribution in [2.45, 2.75) is 20.4 Å². The highest BCUT2D eigenvalue weighted by Gasteiger charge is 2.17. The molecule has 0 aliphatic rings. The lowest BCUT2D eigenvalue weighted by Crippen LogP contribution is -2.20. The van der Waals surface area contributed by atoms with Crippen molar-refractivity contribution in [2.24, 2.45) is 22.8 Å². The predicted molar refractivity (Wildman–Crippen MR) is 121 cm³/mol. The van der Waals surface area contributed by atoms with Crippen molar-refractivity contribution in [1.29, 1.82) is 0 Å². The van der Waals surface area contributed by atoms with Crippen LogP contribution in [0.3, 0.4) is 0 Å². The molecular formula is C21H24N10O. The summed E-state index contributed by atoms with van der Waals surface area (Å²) >= 11 is 0. The maximum absolute atomic E-state index is 6.28. The minimum atomic E-state index is 0.225. The van der Waals surface area contributed by atoms with Gasteiger partial charge in [0.15, 0.2) is 23.3 Å². The van der Waals surface area contributed by atoms with Crippen LogP contribution in [0, 0.1) is 6.92 Å². The summed E-state index contributed by atoms with van der Waals surface area (Å²) in [6, 6.07) is 3.59. The van der Waals surface area contributed by atoms with E-state index in [1.165, 1.54) is 13.4 Å². The Morgan fingerprint density at radius 2 is 2.09 bits per heavy atom. The zero-order valence-corrected chi connectivity index (χ0v) is 18.3. The Bertz CT molecular complexity index is 1290. The Hall–Kier alpha value is -4.28. The number of aromatic amines is 1. The topological polar surface area (TPSA) is 137 Å². The van der Waals surface area contributed by atoms with Crippen molar-refractivity contribution in [2.75, 3.05) is 7.11 Å². The number of aromatic nitrogens is 7. The maximum atomic E-state index is 6.28. The average Bonchev–Trinajstić information content (AvgIpc) is 3.53. The number of ether oxygens (including phenoxy) is 1. The normalized spacial score (nSPS) is 12.4. The highest BCUT2D eigenvalue weighted by Crippen LogP contribution is 2.26. The van der Waals surface area contributed by atoms with Gasteiger partial charge in [-0.15, -0.1) is 0 Å². The van der Waals surface area contributed by atoms with Gasteiger partial charge in [0.1, 0.15) is 6.33 Å². The van der Waals surface area contributed by atoms with Crippen LogP contribution in [0.5, 0.6) is 5.88 Å². The second-order valence-electron chi connectivity index (χ2n) is 6.97. The molecule has 0 unspecified atom stereocenters. The van der Waals surface area contributed by atoms with Crippen molar-refractivity contribution >= 4 is 17.5 Å². The highest BCUT2D eigenvalue weighted by atomic mass is 16.5. The Morgan fingerprint density at radius 1 is 1.25 bits per heavy atom. The molecule has 0 aromatic carbocycles. The molecule has 3 N–H and O–H groups in total. The van der Waals surface area contributed by atoms with Crippen LogP contribution in [0.2, 0.25) is 0 Å². The highest BCUT2D eigenvalue weighted by molar-refractivity contribution is 6.10. The van der Waals surface area contributed by atoms with Crippen molar-refractivity contribution in [3.05, 3.63) is 60.3 Å². The molecule has 4 aromatic rings. The van der Waals surface area contributed by atoms with Gasteiger partial charge in [-0.3, -0.25) is 4.68 Å². The number of hydrogen-bond acceptors (Lipinski definition) is 6. The van der Waals surface area contributed by atoms with Gasteiger partial charge in [0, 0.05) is 50.0 Å². The van der Waals surface area contributed by atoms with E-state index in [0.717, 1.165) is 23.4 Å². The van der Waals surface area contributed by atoms with Crippen LogP contribution in [-0.2, 0) is 13.6 Å². The summed E-state index contributed by atoms with van der Waals surface area (Å²) in [5.41, 5.74) is 9.71. The lowest BCUT2D eigenvalue weighted by Gasteiger charge is -2.06. The number of methoxy groups -OCH3 is 1. The van der Waals surface area contributed by atoms with Gasteiger partial charge < -0.3 is 20.0 Å². The molecule has 0 saturated heterocycles. The van der Waals surface area contributed by atoms with E-state index in [9.17, 15) is 0 Å². The van der Waals surface area contributed by atoms with Crippen LogP contribution in [0.25, 0.3) is 11.3 Å². The lowest BCUT2D eigenvalue weighted by atomic mass is 10.1. The fraction of sp³-hybridized carbons (Fsp3) is 0.238. The number of amidine groups is 2. The summed E-state index contributed by atoms with van der Waals surface area (Å²) in [4.78, 5) is 25.0. The molecule has 164 valence electrons. The number of hydrogen-bond donors (Lipinski definition) is 2. The fourth-order valence-electron chi connectivity index (χ4n) is 3.20. The van der Waals surface area contributed by atoms with Crippen LogP contribution in [-0.4, -0.2) is 53.1 Å². The quantitative estimate of drug-likeness (QED) is 0.354. The minimum absolute atomic E-state index is 0.225. The molecule has 0 aliphatic carbocycles. The van der Waals surface area contributed by atoms with Gasteiger partial charge in [-0.1, -0.05) is 0 Å². The SMILES string of the molecule is CCn1ccc(-c2c[nH]c(/C(N=C(N)c3nccn3C)=N/c3cc(OC)ncn3)c2C)n1. The molecule has 0 fully saturated rings. The van der Waals surface area contributed by atoms with E-state index in [1.54, 1.807) is 23.0 Å². The van der Waals surface area contributed by atoms with E-state index >= 15 is 0 Å². The number of H-pyrrole nitrogens is 1. The largest absolute Gasteiger partial charge is 0.481 e. The molecule has 0 atom stereocenters. The van der Waals surface area contributed by atoms with Crippen LogP contribution >= 0.6 is 0 Å². The molecule has 4 heterocycles. The molecule has 4 rings (SSSR count). The third-order valence-electron chi connectivity index (χ3n) is 4.94. The van der Waals surface area contributed by atoms with Crippen molar-refractivity contribution in [3.63, 3.8) is 0 Å². The fourth-order valence-corrected chi connectivity index (χ4v) is 3.20. The Morgan fingerprint density at radius 3 is 2.78 bits per heavy atom. The monoisotopic (exact) mass is 432 g/mol. The van der Waals surface area contributed by atoms with Gasteiger partial charge in [-0.05, 0) is 25.5 Å². The Kier molecular flexibility index (Phi) is 5.79. The first-order chi connectivity index (χ1) is 15.5. The maximum Gasteiger partial charge on any atom is 0.218 e. The predicted octanol–water partition coefficient (Wildman–Crippen LogP) is 2.22. The smallest absolute Gasteiger partial charge is 0.218 e. The van der Waals surface area contributed by atoms with Crippen LogP contribution in [0.15, 0.2) is 53.2 Å². The summed E-state index contributed by atoms with van der Waals surface area (Å²) in [6.45, 7) is 4.82. The van der Waals surface area contributed by atoms with E-state index in [-0.39, 0.29) is 5.84 Å². The number of aliphatic imine (C=N–C) groups is 2. The number of aryl methyl sites for hydroxylation is 2. The first-order valence-electron chi connectivity index (χ1n) is 9.99. The molecule has 11 heteroatoms. The molecule has 0 saturated carbocycles. The standard InChI is InChI=1S/C21H24N10O/c1-5-31-8-6-15(29-31)14-11-24-18(13(14)2)20(27-16-10-17(32-4)26-12-25-16)28-19(22)21-23-7-9-30(21)3/h6-12,24H,5H2,1-4H3,(H2,22,25,26,27,28). The molecule has 0 radical (unpaired) electrons. The van der Waals surface area contributed by atoms with Crippen molar-refractivity contribution < 1.29 is 4.74 Å². The lowest BCUT2D eigenvalue weighted by molar-refractivity contribution is 0.397. The minimum Gasteiger partial charge on any atom is -0.481 e. The first kappa shape index (κ1) is 21.0. The molecule has 0 bridgehead atoms. The Labute approximate surface area is 184 Å². The van der Waals surface area contributed by atoms with Gasteiger partial charge in [0.2, 0.25) is 5.88 Å². The third kappa shape index (κ3) is 4.13. The molecule has 0 spiro atoms. The van der Waals surface area contributed by atoms with Crippen molar-refractivity contribution in [1.82, 2.24) is 34.3 Å². The van der Waals surface area contributed by atoms with E-state index in [4.69, 9.17) is 10.5 Å². The van der Waals surface area contributed by atoms with Crippen molar-refractivity contribution in [3.8, 4) is 17.1 Å². The van der Waals surface area contributed by atoms with Gasteiger partial charge in [0.25, 0.3) is 0 Å². The van der Waals surface area contributed by atoms with Gasteiger partial charge in [-0.25, -0.2) is 24.9 Å². The first-order valence-corrected chi connectivity index (χ1v) is 9.99. The number of nitrogens with one attached hydrogen (secondary N) is 1. The second kappa shape index (κ2) is 8.84. The van der Waals surface area contributed by atoms with Gasteiger partial charge in [-0.2, -0.15) is 5.10 Å². The molecule has 11 nitrogen and oxygen atoms in total. The zero-order chi connectivity index (χ0) is 22.7. The average molecular weight is 432 g/mol. The van der Waals surface area contributed by atoms with Crippen LogP contribution in [0.1, 0.15) is 24.0 Å². The summed E-state index contributed by atoms with van der Waals surface area (Å²) in [7, 11) is 3.38. The number of rotatable bonds is 6. The number of nitrogens with zero attached hydrogens (tertiary/aromatic N) is 8. The summed E-state index contributed by atoms with van der Waals surface area (Å²) in [5.74, 6) is 1.89. The summed E-state index contributed by atoms with van der Waals surface area (Å²) < 4.78 is 8.85. The van der Waals surface area contributed by atoms with Gasteiger partial charge >= 0.3 is 0 Å². The van der Waals surface area contributed by atoms with E-state index in [0.29, 0.717) is 29.1 Å². The van der Waals surface area contributed by atoms with Crippen LogP contribution in [0.4, 0.5) is 5.82 Å². The second-order valence-corrected chi connectivity index (χ2v) is 6.97. The number of nitrogens with two attached hydrogens (primary N) is 1. The van der Waals surface area contributed by atoms with Gasteiger partial charge in [0.05, 0.1) is 18.5 Å². The summed E-state index contributed by atoms with van der Waals surface area (Å²) in [5, 5.41) is 4.60. The third-order valence-corrected chi connectivity index (χ3v) is 4.94. The zero-order valence-electron chi connectivity index (χ0n) is 18.3. The number of imidazole rings is 1. The summed E-state index contributed by atoms with van der Waals surface area (Å²) in [6.07, 6.45) is 8.67. The van der Waals surface area contributed by atoms with E-state index in [1.807, 2.05) is 44.0 Å². The van der Waals surface area contributed by atoms with E-state index in [2.05, 4.69) is 35.0 Å².